The standard InChI is InChI=1S/C44H44N8O6S/c1-56-44(55)50-39(31-13-7-4-8-14-31)43(54)52-24-10-16-35(52)41-46-26-33(49-41)37-22-21-36(59-37)29-19-17-28(18-20-29)32-25-45-40(48-32)34-15-9-23-51(34)42(53)38(47-27-58-57-2)30-11-5-3-6-12-30/h3-8,11-14,17-22,25-27,34-35,38-39H,9-10,15-16,23-24H2,1-2H3,(H,45,48)(H,46,49)(H,50,55)/t34-,35-,38+,39-/m0/s1. The molecule has 2 aliphatic rings. The van der Waals surface area contributed by atoms with Crippen molar-refractivity contribution >= 4 is 35.6 Å². The highest BCUT2D eigenvalue weighted by molar-refractivity contribution is 7.18. The van der Waals surface area contributed by atoms with Gasteiger partial charge < -0.3 is 34.7 Å². The quantitative estimate of drug-likeness (QED) is 0.0457. The highest BCUT2D eigenvalue weighted by Crippen LogP contribution is 2.39. The fraction of sp³-hybridized carbons (Fsp3) is 0.273. The summed E-state index contributed by atoms with van der Waals surface area (Å²) in [6.07, 6.45) is 7.34. The topological polar surface area (TPSA) is 167 Å². The van der Waals surface area contributed by atoms with Crippen LogP contribution in [-0.2, 0) is 24.1 Å². The van der Waals surface area contributed by atoms with Crippen LogP contribution >= 0.6 is 11.3 Å². The van der Waals surface area contributed by atoms with Crippen molar-refractivity contribution in [3.8, 4) is 32.3 Å². The molecule has 3 amide bonds. The summed E-state index contributed by atoms with van der Waals surface area (Å²) in [5.41, 5.74) is 5.23. The second-order valence-corrected chi connectivity index (χ2v) is 15.4. The van der Waals surface area contributed by atoms with Crippen LogP contribution in [0.15, 0.2) is 114 Å². The summed E-state index contributed by atoms with van der Waals surface area (Å²) in [6, 6.07) is 29.0. The summed E-state index contributed by atoms with van der Waals surface area (Å²) in [7, 11) is 2.67. The lowest BCUT2D eigenvalue weighted by atomic mass is 10.1. The lowest BCUT2D eigenvalue weighted by molar-refractivity contribution is -0.188. The van der Waals surface area contributed by atoms with Gasteiger partial charge in [0, 0.05) is 18.0 Å². The Bertz CT molecular complexity index is 2400. The molecule has 0 unspecified atom stereocenters. The molecule has 4 atom stereocenters. The predicted octanol–water partition coefficient (Wildman–Crippen LogP) is 7.97. The molecule has 2 aliphatic heterocycles. The molecule has 2 fully saturated rings. The summed E-state index contributed by atoms with van der Waals surface area (Å²) in [5.74, 6) is 1.11. The van der Waals surface area contributed by atoms with E-state index in [0.29, 0.717) is 24.5 Å². The zero-order valence-electron chi connectivity index (χ0n) is 32.6. The maximum atomic E-state index is 13.9. The third-order valence-electron chi connectivity index (χ3n) is 10.8. The van der Waals surface area contributed by atoms with Crippen LogP contribution in [0.4, 0.5) is 4.79 Å². The van der Waals surface area contributed by atoms with E-state index in [0.717, 1.165) is 75.7 Å². The van der Waals surface area contributed by atoms with Crippen molar-refractivity contribution in [2.75, 3.05) is 27.3 Å². The van der Waals surface area contributed by atoms with E-state index in [1.54, 1.807) is 16.2 Å². The number of nitrogens with one attached hydrogen (secondary N) is 3. The molecule has 8 rings (SSSR count). The summed E-state index contributed by atoms with van der Waals surface area (Å²) < 4.78 is 4.83. The number of aliphatic imine (C=N–C) groups is 1. The average Bonchev–Trinajstić information content (AvgIpc) is 4.13. The zero-order chi connectivity index (χ0) is 40.7. The Labute approximate surface area is 345 Å². The molecule has 5 heterocycles. The fourth-order valence-corrected chi connectivity index (χ4v) is 8.83. The van der Waals surface area contributed by atoms with Gasteiger partial charge in [0.15, 0.2) is 6.04 Å². The van der Waals surface area contributed by atoms with Crippen LogP contribution in [0.5, 0.6) is 0 Å². The molecule has 302 valence electrons. The average molecular weight is 813 g/mol. The van der Waals surface area contributed by atoms with Crippen molar-refractivity contribution in [3.05, 3.63) is 132 Å². The molecule has 0 aliphatic carbocycles. The van der Waals surface area contributed by atoms with Crippen LogP contribution in [0.3, 0.4) is 0 Å². The predicted molar refractivity (Wildman–Crippen MR) is 223 cm³/mol. The van der Waals surface area contributed by atoms with Crippen LogP contribution in [0.2, 0.25) is 0 Å². The van der Waals surface area contributed by atoms with Gasteiger partial charge in [-0.1, -0.05) is 84.9 Å². The van der Waals surface area contributed by atoms with E-state index < -0.39 is 18.2 Å². The van der Waals surface area contributed by atoms with Gasteiger partial charge in [0.25, 0.3) is 11.8 Å². The first-order valence-corrected chi connectivity index (χ1v) is 20.3. The summed E-state index contributed by atoms with van der Waals surface area (Å²) in [5, 5.41) is 2.72. The Balaban J connectivity index is 0.938. The van der Waals surface area contributed by atoms with E-state index in [1.165, 1.54) is 14.2 Å². The van der Waals surface area contributed by atoms with Gasteiger partial charge in [-0.05, 0) is 60.1 Å². The number of hydrogen-bond acceptors (Lipinski definition) is 10. The minimum Gasteiger partial charge on any atom is -0.453 e. The third kappa shape index (κ3) is 8.52. The number of thiophene rings is 1. The number of rotatable bonds is 13. The molecule has 0 saturated carbocycles. The van der Waals surface area contributed by atoms with Crippen molar-refractivity contribution in [3.63, 3.8) is 0 Å². The SMILES string of the molecule is COOC=N[C@@H](C(=O)N1CCC[C@H]1c1ncc(-c2ccc(-c3ccc(-c4cnc([C@@H]5CCCN5C(=O)[C@@H](NC(=O)OC)c5ccccc5)[nH]4)s3)cc2)[nH]1)c1ccccc1. The van der Waals surface area contributed by atoms with Crippen molar-refractivity contribution in [1.82, 2.24) is 35.1 Å². The first-order valence-electron chi connectivity index (χ1n) is 19.5. The summed E-state index contributed by atoms with van der Waals surface area (Å²) in [6.45, 7) is 1.16. The van der Waals surface area contributed by atoms with Gasteiger partial charge in [-0.25, -0.2) is 19.8 Å². The molecule has 15 heteroatoms. The molecule has 3 aromatic heterocycles. The molecule has 3 N–H and O–H groups in total. The van der Waals surface area contributed by atoms with Gasteiger partial charge in [0.1, 0.15) is 17.7 Å². The van der Waals surface area contributed by atoms with Gasteiger partial charge in [-0.3, -0.25) is 9.59 Å². The number of hydrogen-bond donors (Lipinski definition) is 3. The van der Waals surface area contributed by atoms with E-state index in [-0.39, 0.29) is 23.9 Å². The number of carbonyl (C=O) groups is 3. The number of benzene rings is 3. The fourth-order valence-electron chi connectivity index (χ4n) is 7.85. The first kappa shape index (κ1) is 39.3. The Morgan fingerprint density at radius 1 is 0.746 bits per heavy atom. The van der Waals surface area contributed by atoms with E-state index >= 15 is 0 Å². The van der Waals surface area contributed by atoms with Crippen LogP contribution < -0.4 is 5.32 Å². The van der Waals surface area contributed by atoms with Crippen LogP contribution in [0, 0.1) is 0 Å². The van der Waals surface area contributed by atoms with Gasteiger partial charge >= 0.3 is 6.09 Å². The molecular weight excluding hydrogens is 769 g/mol. The van der Waals surface area contributed by atoms with Gasteiger partial charge in [-0.15, -0.1) is 11.3 Å². The van der Waals surface area contributed by atoms with Crippen LogP contribution in [0.1, 0.15) is 72.6 Å². The molecule has 0 radical (unpaired) electrons. The van der Waals surface area contributed by atoms with Crippen LogP contribution in [-0.4, -0.2) is 81.4 Å². The number of aromatic amines is 2. The first-order chi connectivity index (χ1) is 28.9. The van der Waals surface area contributed by atoms with Crippen molar-refractivity contribution in [2.24, 2.45) is 4.99 Å². The molecule has 0 bridgehead atoms. The van der Waals surface area contributed by atoms with E-state index in [9.17, 15) is 14.4 Å². The molecule has 6 aromatic rings. The molecule has 14 nitrogen and oxygen atoms in total. The van der Waals surface area contributed by atoms with Crippen molar-refractivity contribution in [1.29, 1.82) is 0 Å². The van der Waals surface area contributed by atoms with Gasteiger partial charge in [0.05, 0.1) is 55.0 Å². The third-order valence-corrected chi connectivity index (χ3v) is 11.9. The lowest BCUT2D eigenvalue weighted by Gasteiger charge is -2.28. The summed E-state index contributed by atoms with van der Waals surface area (Å²) >= 11 is 1.65. The number of methoxy groups -OCH3 is 1. The zero-order valence-corrected chi connectivity index (χ0v) is 33.4. The maximum Gasteiger partial charge on any atom is 0.407 e. The minimum atomic E-state index is -0.879. The number of amides is 3. The van der Waals surface area contributed by atoms with E-state index in [1.807, 2.05) is 78.0 Å². The highest BCUT2D eigenvalue weighted by atomic mass is 32.1. The number of nitrogens with zero attached hydrogens (tertiary/aromatic N) is 5. The maximum absolute atomic E-state index is 13.9. The molecule has 2 saturated heterocycles. The van der Waals surface area contributed by atoms with Crippen LogP contribution in [0.25, 0.3) is 32.3 Å². The Morgan fingerprint density at radius 3 is 1.97 bits per heavy atom. The van der Waals surface area contributed by atoms with Gasteiger partial charge in [0.2, 0.25) is 6.40 Å². The highest BCUT2D eigenvalue weighted by Gasteiger charge is 2.38. The van der Waals surface area contributed by atoms with E-state index in [4.69, 9.17) is 19.6 Å². The largest absolute Gasteiger partial charge is 0.453 e. The van der Waals surface area contributed by atoms with E-state index in [2.05, 4.69) is 61.6 Å². The normalized spacial score (nSPS) is 17.6. The number of H-pyrrole nitrogens is 2. The molecular formula is C44H44N8O6S. The molecule has 0 spiro atoms. The molecule has 59 heavy (non-hydrogen) atoms. The number of imidazole rings is 2. The second-order valence-electron chi connectivity index (χ2n) is 14.3. The van der Waals surface area contributed by atoms with Crippen molar-refractivity contribution in [2.45, 2.75) is 49.9 Å². The number of ether oxygens (including phenoxy) is 1. The number of likely N-dealkylation sites (tertiary alicyclic amines) is 2. The van der Waals surface area contributed by atoms with Gasteiger partial charge in [-0.2, -0.15) is 4.89 Å². The lowest BCUT2D eigenvalue weighted by Crippen LogP contribution is -2.42. The van der Waals surface area contributed by atoms with Crippen molar-refractivity contribution < 1.29 is 28.9 Å². The minimum absolute atomic E-state index is 0.128. The smallest absolute Gasteiger partial charge is 0.407 e. The summed E-state index contributed by atoms with van der Waals surface area (Å²) in [4.78, 5) is 76.2. The Hall–Kier alpha value is -6.58. The Kier molecular flexibility index (Phi) is 11.9. The second kappa shape index (κ2) is 17.9. The Morgan fingerprint density at radius 2 is 1.32 bits per heavy atom. The monoisotopic (exact) mass is 812 g/mol. The number of alkyl carbamates (subject to hydrolysis) is 1. The number of carbonyl (C=O) groups excluding carboxylic acids is 3. The number of aromatic nitrogens is 4. The molecule has 3 aromatic carbocycles.